The van der Waals surface area contributed by atoms with Crippen LogP contribution in [0.5, 0.6) is 0 Å². The molecule has 2 unspecified atom stereocenters. The van der Waals surface area contributed by atoms with E-state index in [9.17, 15) is 19.2 Å². The second-order valence-electron chi connectivity index (χ2n) is 8.68. The van der Waals surface area contributed by atoms with Gasteiger partial charge in [-0.3, -0.25) is 19.7 Å². The van der Waals surface area contributed by atoms with E-state index >= 15 is 0 Å². The highest BCUT2D eigenvalue weighted by atomic mass is 16.2. The summed E-state index contributed by atoms with van der Waals surface area (Å²) in [5, 5.41) is 5.25. The van der Waals surface area contributed by atoms with E-state index in [0.29, 0.717) is 30.8 Å². The van der Waals surface area contributed by atoms with Crippen LogP contribution in [0.25, 0.3) is 0 Å². The first kappa shape index (κ1) is 20.2. The summed E-state index contributed by atoms with van der Waals surface area (Å²) in [6, 6.07) is 12.5. The number of piperidine rings is 1. The van der Waals surface area contributed by atoms with Crippen LogP contribution in [-0.2, 0) is 22.7 Å². The van der Waals surface area contributed by atoms with Crippen molar-refractivity contribution in [3.8, 4) is 0 Å². The van der Waals surface area contributed by atoms with E-state index in [1.54, 1.807) is 23.1 Å². The van der Waals surface area contributed by atoms with E-state index in [-0.39, 0.29) is 36.7 Å². The molecule has 2 N–H and O–H groups in total. The molecule has 5 rings (SSSR count). The van der Waals surface area contributed by atoms with E-state index in [2.05, 4.69) is 29.7 Å². The summed E-state index contributed by atoms with van der Waals surface area (Å²) in [7, 11) is 0. The standard InChI is InChI=1S/C24H24N4O4/c1-14-11-27(12-15-4-2-3-5-18(14)15)24(32)25-17-6-7-19-16(10-17)13-28(23(19)31)20-8-9-21(29)26-22(20)30/h2-7,10,14,20H,8-9,11-13H2,1H3,(H,25,32)(H,26,29,30). The summed E-state index contributed by atoms with van der Waals surface area (Å²) >= 11 is 0. The van der Waals surface area contributed by atoms with Crippen molar-refractivity contribution in [1.82, 2.24) is 15.1 Å². The first-order chi connectivity index (χ1) is 15.4. The number of benzene rings is 2. The Kier molecular flexibility index (Phi) is 4.92. The van der Waals surface area contributed by atoms with Crippen molar-refractivity contribution in [3.63, 3.8) is 0 Å². The van der Waals surface area contributed by atoms with Crippen LogP contribution in [0.3, 0.4) is 0 Å². The molecular formula is C24H24N4O4. The fourth-order valence-corrected chi connectivity index (χ4v) is 4.87. The van der Waals surface area contributed by atoms with Crippen molar-refractivity contribution in [1.29, 1.82) is 0 Å². The van der Waals surface area contributed by atoms with Crippen LogP contribution in [0, 0.1) is 0 Å². The van der Waals surface area contributed by atoms with E-state index in [0.717, 1.165) is 11.1 Å². The third-order valence-corrected chi connectivity index (χ3v) is 6.50. The van der Waals surface area contributed by atoms with Crippen LogP contribution < -0.4 is 10.6 Å². The molecule has 0 radical (unpaired) electrons. The minimum absolute atomic E-state index is 0.183. The van der Waals surface area contributed by atoms with Gasteiger partial charge in [0, 0.05) is 37.3 Å². The second-order valence-corrected chi connectivity index (χ2v) is 8.68. The number of carbonyl (C=O) groups excluding carboxylic acids is 4. The van der Waals surface area contributed by atoms with Gasteiger partial charge in [0.25, 0.3) is 5.91 Å². The summed E-state index contributed by atoms with van der Waals surface area (Å²) in [4.78, 5) is 52.7. The Bertz CT molecular complexity index is 1140. The van der Waals surface area contributed by atoms with Gasteiger partial charge in [-0.15, -0.1) is 0 Å². The number of nitrogens with zero attached hydrogens (tertiary/aromatic N) is 2. The topological polar surface area (TPSA) is 98.8 Å². The lowest BCUT2D eigenvalue weighted by Crippen LogP contribution is -2.52. The van der Waals surface area contributed by atoms with Gasteiger partial charge in [-0.25, -0.2) is 4.79 Å². The van der Waals surface area contributed by atoms with E-state index in [1.807, 2.05) is 12.1 Å². The molecule has 0 aromatic heterocycles. The van der Waals surface area contributed by atoms with Crippen LogP contribution in [0.15, 0.2) is 42.5 Å². The highest BCUT2D eigenvalue weighted by Crippen LogP contribution is 2.31. The molecule has 3 aliphatic rings. The molecular weight excluding hydrogens is 408 g/mol. The number of imide groups is 1. The highest BCUT2D eigenvalue weighted by Gasteiger charge is 2.39. The SMILES string of the molecule is CC1CN(C(=O)Nc2ccc3c(c2)CN(C2CCC(=O)NC2=O)C3=O)Cc2ccccc21. The summed E-state index contributed by atoms with van der Waals surface area (Å²) < 4.78 is 0. The molecule has 3 aliphatic heterocycles. The van der Waals surface area contributed by atoms with Gasteiger partial charge < -0.3 is 15.1 Å². The van der Waals surface area contributed by atoms with Gasteiger partial charge in [0.05, 0.1) is 0 Å². The van der Waals surface area contributed by atoms with Crippen molar-refractivity contribution in [3.05, 3.63) is 64.7 Å². The first-order valence-corrected chi connectivity index (χ1v) is 10.8. The third kappa shape index (κ3) is 3.51. The molecule has 32 heavy (non-hydrogen) atoms. The van der Waals surface area contributed by atoms with Crippen LogP contribution in [0.1, 0.15) is 52.7 Å². The molecule has 8 nitrogen and oxygen atoms in total. The number of hydrogen-bond acceptors (Lipinski definition) is 4. The molecule has 2 aromatic rings. The second kappa shape index (κ2) is 7.78. The van der Waals surface area contributed by atoms with Crippen LogP contribution in [0.4, 0.5) is 10.5 Å². The quantitative estimate of drug-likeness (QED) is 0.713. The number of amides is 5. The Morgan fingerprint density at radius 1 is 1.06 bits per heavy atom. The van der Waals surface area contributed by atoms with Gasteiger partial charge in [0.2, 0.25) is 11.8 Å². The summed E-state index contributed by atoms with van der Waals surface area (Å²) in [6.45, 7) is 3.58. The lowest BCUT2D eigenvalue weighted by molar-refractivity contribution is -0.136. The molecule has 1 fully saturated rings. The minimum atomic E-state index is -0.652. The van der Waals surface area contributed by atoms with E-state index in [1.165, 1.54) is 10.5 Å². The van der Waals surface area contributed by atoms with Gasteiger partial charge in [0.15, 0.2) is 0 Å². The molecule has 2 atom stereocenters. The number of anilines is 1. The molecule has 0 saturated carbocycles. The number of rotatable bonds is 2. The molecule has 2 aromatic carbocycles. The Labute approximate surface area is 185 Å². The van der Waals surface area contributed by atoms with Gasteiger partial charge in [-0.05, 0) is 47.2 Å². The lowest BCUT2D eigenvalue weighted by atomic mass is 9.91. The van der Waals surface area contributed by atoms with Gasteiger partial charge >= 0.3 is 6.03 Å². The predicted molar refractivity (Wildman–Crippen MR) is 117 cm³/mol. The van der Waals surface area contributed by atoms with Crippen molar-refractivity contribution < 1.29 is 19.2 Å². The zero-order valence-corrected chi connectivity index (χ0v) is 17.8. The first-order valence-electron chi connectivity index (χ1n) is 10.8. The maximum Gasteiger partial charge on any atom is 0.322 e. The van der Waals surface area contributed by atoms with Crippen LogP contribution in [0.2, 0.25) is 0 Å². The molecule has 3 heterocycles. The molecule has 0 bridgehead atoms. The van der Waals surface area contributed by atoms with Gasteiger partial charge in [-0.2, -0.15) is 0 Å². The smallest absolute Gasteiger partial charge is 0.322 e. The van der Waals surface area contributed by atoms with Crippen LogP contribution >= 0.6 is 0 Å². The van der Waals surface area contributed by atoms with E-state index < -0.39 is 11.9 Å². The van der Waals surface area contributed by atoms with Crippen molar-refractivity contribution >= 4 is 29.4 Å². The Hall–Kier alpha value is -3.68. The maximum atomic E-state index is 12.9. The van der Waals surface area contributed by atoms with Crippen molar-refractivity contribution in [2.24, 2.45) is 0 Å². The predicted octanol–water partition coefficient (Wildman–Crippen LogP) is 2.60. The molecule has 164 valence electrons. The molecule has 1 saturated heterocycles. The van der Waals surface area contributed by atoms with Gasteiger partial charge in [-0.1, -0.05) is 31.2 Å². The summed E-state index contributed by atoms with van der Waals surface area (Å²) in [5.74, 6) is -0.718. The molecule has 5 amide bonds. The average molecular weight is 432 g/mol. The number of nitrogens with one attached hydrogen (secondary N) is 2. The normalized spacial score (nSPS) is 22.3. The maximum absolute atomic E-state index is 12.9. The van der Waals surface area contributed by atoms with Crippen molar-refractivity contribution in [2.45, 2.75) is 44.8 Å². The average Bonchev–Trinajstić information content (AvgIpc) is 3.09. The fraction of sp³-hybridized carbons (Fsp3) is 0.333. The lowest BCUT2D eigenvalue weighted by Gasteiger charge is -2.33. The largest absolute Gasteiger partial charge is 0.322 e. The van der Waals surface area contributed by atoms with Crippen LogP contribution in [-0.4, -0.2) is 46.1 Å². The molecule has 0 aliphatic carbocycles. The zero-order chi connectivity index (χ0) is 22.4. The molecule has 8 heteroatoms. The zero-order valence-electron chi connectivity index (χ0n) is 17.8. The third-order valence-electron chi connectivity index (χ3n) is 6.50. The summed E-state index contributed by atoms with van der Waals surface area (Å²) in [5.41, 5.74) is 4.32. The Morgan fingerprint density at radius 3 is 2.69 bits per heavy atom. The molecule has 0 spiro atoms. The number of urea groups is 1. The number of fused-ring (bicyclic) bond motifs is 2. The highest BCUT2D eigenvalue weighted by molar-refractivity contribution is 6.05. The Morgan fingerprint density at radius 2 is 1.88 bits per heavy atom. The van der Waals surface area contributed by atoms with Gasteiger partial charge in [0.1, 0.15) is 6.04 Å². The summed E-state index contributed by atoms with van der Waals surface area (Å²) in [6.07, 6.45) is 0.540. The number of hydrogen-bond donors (Lipinski definition) is 2. The van der Waals surface area contributed by atoms with E-state index in [4.69, 9.17) is 0 Å². The number of carbonyl (C=O) groups is 4. The van der Waals surface area contributed by atoms with Crippen molar-refractivity contribution in [2.75, 3.05) is 11.9 Å². The fourth-order valence-electron chi connectivity index (χ4n) is 4.87. The monoisotopic (exact) mass is 432 g/mol. The minimum Gasteiger partial charge on any atom is -0.322 e. The Balaban J connectivity index is 1.29.